The minimum absolute atomic E-state index is 0.0874. The summed E-state index contributed by atoms with van der Waals surface area (Å²) in [7, 11) is 0. The van der Waals surface area contributed by atoms with E-state index in [0.717, 1.165) is 8.87 Å². The van der Waals surface area contributed by atoms with Gasteiger partial charge in [-0.25, -0.2) is 0 Å². The van der Waals surface area contributed by atoms with Crippen LogP contribution in [-0.2, 0) is 0 Å². The molecular weight excluding hydrogens is 399 g/mol. The molecule has 0 saturated heterocycles. The van der Waals surface area contributed by atoms with E-state index in [1.54, 1.807) is 36.4 Å². The summed E-state index contributed by atoms with van der Waals surface area (Å²) < 4.78 is 13.9. The molecule has 0 aliphatic heterocycles. The molecule has 0 aromatic heterocycles. The molecular formula is C18H22O4Sn+2. The molecule has 5 heteroatoms. The Morgan fingerprint density at radius 3 is 1.48 bits per heavy atom. The van der Waals surface area contributed by atoms with E-state index in [4.69, 9.17) is 6.15 Å². The fraction of sp³-hybridized carbons (Fsp3) is 0.222. The molecule has 0 atom stereocenters. The molecule has 23 heavy (non-hydrogen) atoms. The summed E-state index contributed by atoms with van der Waals surface area (Å²) in [6, 6.07) is 17.4. The van der Waals surface area contributed by atoms with E-state index in [1.807, 2.05) is 38.1 Å². The second kappa shape index (κ2) is 8.15. The van der Waals surface area contributed by atoms with Crippen LogP contribution in [0.5, 0.6) is 11.5 Å². The zero-order chi connectivity index (χ0) is 16.7. The van der Waals surface area contributed by atoms with Gasteiger partial charge in [-0.2, -0.15) is 0 Å². The van der Waals surface area contributed by atoms with Gasteiger partial charge in [-0.3, -0.25) is 0 Å². The Bertz CT molecular complexity index is 709. The minimum atomic E-state index is -3.55. The fourth-order valence-electron chi connectivity index (χ4n) is 2.18. The van der Waals surface area contributed by atoms with Crippen molar-refractivity contribution < 1.29 is 15.7 Å². The maximum absolute atomic E-state index is 10.1. The molecule has 0 unspecified atom stereocenters. The average Bonchev–Trinajstić information content (AvgIpc) is 2.88. The summed E-state index contributed by atoms with van der Waals surface area (Å²) in [4.78, 5) is 20.2. The Kier molecular flexibility index (Phi) is 6.21. The van der Waals surface area contributed by atoms with Crippen molar-refractivity contribution in [3.05, 3.63) is 71.5 Å². The molecule has 4 nitrogen and oxygen atoms in total. The van der Waals surface area contributed by atoms with Gasteiger partial charge in [0.15, 0.2) is 0 Å². The van der Waals surface area contributed by atoms with E-state index in [-0.39, 0.29) is 10.9 Å². The summed E-state index contributed by atoms with van der Waals surface area (Å²) >= 11 is -3.55. The van der Waals surface area contributed by atoms with E-state index in [0.29, 0.717) is 11.5 Å². The predicted octanol–water partition coefficient (Wildman–Crippen LogP) is 2.64. The second-order valence-electron chi connectivity index (χ2n) is 5.14. The van der Waals surface area contributed by atoms with Crippen LogP contribution in [0, 0.1) is 0 Å². The van der Waals surface area contributed by atoms with Crippen molar-refractivity contribution in [1.82, 2.24) is 0 Å². The molecule has 2 rings (SSSR count). The molecule has 0 bridgehead atoms. The summed E-state index contributed by atoms with van der Waals surface area (Å²) in [6.45, 7) is 4.05. The third kappa shape index (κ3) is 4.57. The molecule has 0 amide bonds. The van der Waals surface area contributed by atoms with Gasteiger partial charge < -0.3 is 0 Å². The van der Waals surface area contributed by atoms with Crippen molar-refractivity contribution in [2.45, 2.75) is 22.7 Å². The molecule has 0 fully saturated rings. The quantitative estimate of drug-likeness (QED) is 0.532. The van der Waals surface area contributed by atoms with E-state index in [9.17, 15) is 9.59 Å². The normalized spacial score (nSPS) is 10.9. The molecule has 0 radical (unpaired) electrons. The zero-order valence-electron chi connectivity index (χ0n) is 13.4. The number of hydrogen-bond donors (Lipinski definition) is 0. The molecule has 0 aliphatic rings. The van der Waals surface area contributed by atoms with Crippen molar-refractivity contribution in [2.75, 3.05) is 0 Å². The summed E-state index contributed by atoms with van der Waals surface area (Å²) in [5.41, 5.74) is 0.175. The van der Waals surface area contributed by atoms with Gasteiger partial charge >= 0.3 is 141 Å². The molecule has 120 valence electrons. The summed E-state index contributed by atoms with van der Waals surface area (Å²) in [5.74, 6) is 0.851. The van der Waals surface area contributed by atoms with Gasteiger partial charge in [-0.15, -0.1) is 0 Å². The van der Waals surface area contributed by atoms with Crippen molar-refractivity contribution in [2.24, 2.45) is 0 Å². The zero-order valence-corrected chi connectivity index (χ0v) is 16.3. The first kappa shape index (κ1) is 17.5. The first-order valence-corrected chi connectivity index (χ1v) is 14.1. The Morgan fingerprint density at radius 2 is 1.09 bits per heavy atom. The standard InChI is InChI=1S/2C7H6O2.2C2H5.Sn/c2*8-6-4-2-1-3-5-7(6)9;2*1-2;/h2*1-5H,(H,8,9);2*1H2,2H3;/q;;;;+2. The van der Waals surface area contributed by atoms with Gasteiger partial charge in [0, 0.05) is 0 Å². The third-order valence-electron chi connectivity index (χ3n) is 3.62. The molecule has 0 aliphatic carbocycles. The molecule has 2 N–H and O–H groups in total. The first-order valence-electron chi connectivity index (χ1n) is 7.71. The van der Waals surface area contributed by atoms with Crippen molar-refractivity contribution in [1.29, 1.82) is 0 Å². The van der Waals surface area contributed by atoms with Crippen molar-refractivity contribution >= 4 is 19.2 Å². The van der Waals surface area contributed by atoms with Crippen LogP contribution in [0.25, 0.3) is 0 Å². The summed E-state index contributed by atoms with van der Waals surface area (Å²) in [5, 5.41) is 0. The van der Waals surface area contributed by atoms with Gasteiger partial charge in [0.1, 0.15) is 0 Å². The van der Waals surface area contributed by atoms with E-state index < -0.39 is 19.2 Å². The first-order chi connectivity index (χ1) is 11.1. The molecule has 0 saturated carbocycles. The Labute approximate surface area is 140 Å². The van der Waals surface area contributed by atoms with E-state index in [2.05, 4.69) is 0 Å². The van der Waals surface area contributed by atoms with Crippen LogP contribution in [0.2, 0.25) is 8.87 Å². The Morgan fingerprint density at radius 1 is 0.696 bits per heavy atom. The van der Waals surface area contributed by atoms with Crippen LogP contribution < -0.4 is 17.0 Å². The van der Waals surface area contributed by atoms with E-state index in [1.165, 1.54) is 0 Å². The Balaban J connectivity index is 2.40. The maximum atomic E-state index is 10.1. The van der Waals surface area contributed by atoms with Crippen LogP contribution >= 0.6 is 0 Å². The van der Waals surface area contributed by atoms with Gasteiger partial charge in [-0.1, -0.05) is 0 Å². The predicted molar refractivity (Wildman–Crippen MR) is 91.0 cm³/mol. The van der Waals surface area contributed by atoms with Crippen LogP contribution in [0.3, 0.4) is 0 Å². The SMILES string of the molecule is C[CH2][Sn]([CH2]C)([O]c1cccccc1=[OH+])[O]c1cccccc1=[OH+]. The van der Waals surface area contributed by atoms with Gasteiger partial charge in [0.2, 0.25) is 0 Å². The Hall–Kier alpha value is -1.82. The summed E-state index contributed by atoms with van der Waals surface area (Å²) in [6.07, 6.45) is 0. The van der Waals surface area contributed by atoms with Gasteiger partial charge in [0.25, 0.3) is 0 Å². The van der Waals surface area contributed by atoms with Crippen LogP contribution in [0.15, 0.2) is 60.7 Å². The van der Waals surface area contributed by atoms with Gasteiger partial charge in [-0.05, 0) is 0 Å². The van der Waals surface area contributed by atoms with Gasteiger partial charge in [0.05, 0.1) is 0 Å². The molecule has 2 aromatic carbocycles. The van der Waals surface area contributed by atoms with Crippen LogP contribution in [0.4, 0.5) is 0 Å². The average molecular weight is 421 g/mol. The number of hydrogen-bond acceptors (Lipinski definition) is 2. The third-order valence-corrected chi connectivity index (χ3v) is 13.2. The van der Waals surface area contributed by atoms with Crippen LogP contribution in [0.1, 0.15) is 13.8 Å². The second-order valence-corrected chi connectivity index (χ2v) is 15.5. The van der Waals surface area contributed by atoms with Crippen LogP contribution in [-0.4, -0.2) is 28.8 Å². The molecule has 0 spiro atoms. The molecule has 0 heterocycles. The number of rotatable bonds is 6. The van der Waals surface area contributed by atoms with E-state index >= 15 is 0 Å². The fourth-order valence-corrected chi connectivity index (χ4v) is 8.64. The van der Waals surface area contributed by atoms with Crippen molar-refractivity contribution in [3.63, 3.8) is 0 Å². The monoisotopic (exact) mass is 422 g/mol. The molecule has 2 aromatic rings. The topological polar surface area (TPSA) is 61.3 Å². The van der Waals surface area contributed by atoms with Crippen molar-refractivity contribution in [3.8, 4) is 11.5 Å².